The Morgan fingerprint density at radius 3 is 2.59 bits per heavy atom. The Bertz CT molecular complexity index is 1070. The molecule has 3 aromatic rings. The molecule has 1 amide bonds. The van der Waals surface area contributed by atoms with E-state index in [4.69, 9.17) is 0 Å². The largest absolute Gasteiger partial charge is 0.340 e. The van der Waals surface area contributed by atoms with Crippen molar-refractivity contribution in [2.24, 2.45) is 0 Å². The molecule has 32 heavy (non-hydrogen) atoms. The number of likely N-dealkylation sites (tertiary alicyclic amines) is 1. The van der Waals surface area contributed by atoms with Crippen LogP contribution in [0.25, 0.3) is 0 Å². The van der Waals surface area contributed by atoms with Crippen molar-refractivity contribution >= 4 is 29.6 Å². The molecule has 1 aliphatic rings. The van der Waals surface area contributed by atoms with Crippen LogP contribution in [0.4, 0.5) is 27.5 Å². The van der Waals surface area contributed by atoms with E-state index in [-0.39, 0.29) is 11.9 Å². The summed E-state index contributed by atoms with van der Waals surface area (Å²) < 4.78 is 13.5. The van der Waals surface area contributed by atoms with E-state index in [1.807, 2.05) is 36.2 Å². The average Bonchev–Trinajstić information content (AvgIpc) is 2.82. The van der Waals surface area contributed by atoms with E-state index in [2.05, 4.69) is 25.9 Å². The zero-order valence-electron chi connectivity index (χ0n) is 18.2. The molecule has 0 spiro atoms. The van der Waals surface area contributed by atoms with E-state index >= 15 is 0 Å². The second-order valence-electron chi connectivity index (χ2n) is 7.97. The first-order valence-corrected chi connectivity index (χ1v) is 10.7. The van der Waals surface area contributed by atoms with Gasteiger partial charge in [-0.1, -0.05) is 12.1 Å². The third kappa shape index (κ3) is 5.03. The summed E-state index contributed by atoms with van der Waals surface area (Å²) in [6.45, 7) is 2.47. The van der Waals surface area contributed by atoms with Gasteiger partial charge in [0.25, 0.3) is 0 Å². The highest BCUT2D eigenvalue weighted by Gasteiger charge is 2.27. The number of aromatic nitrogens is 2. The molecule has 1 saturated heterocycles. The summed E-state index contributed by atoms with van der Waals surface area (Å²) in [4.78, 5) is 22.1. The van der Waals surface area contributed by atoms with E-state index in [9.17, 15) is 9.18 Å². The van der Waals surface area contributed by atoms with Crippen LogP contribution in [-0.2, 0) is 4.79 Å². The van der Waals surface area contributed by atoms with Crippen LogP contribution in [0.5, 0.6) is 0 Å². The lowest BCUT2D eigenvalue weighted by Crippen LogP contribution is -2.42. The lowest BCUT2D eigenvalue weighted by atomic mass is 9.92. The molecule has 2 unspecified atom stereocenters. The summed E-state index contributed by atoms with van der Waals surface area (Å²) in [7, 11) is 1.96. The number of carbonyl (C=O) groups is 1. The van der Waals surface area contributed by atoms with Gasteiger partial charge >= 0.3 is 0 Å². The average molecular weight is 435 g/mol. The monoisotopic (exact) mass is 434 g/mol. The first kappa shape index (κ1) is 21.7. The number of piperidine rings is 1. The molecule has 166 valence electrons. The zero-order chi connectivity index (χ0) is 22.5. The normalized spacial score (nSPS) is 18.3. The SMILES string of the molecule is CNC1CCN(C=O)C(c2ccc(Nc3nccc(Nc4ccc(F)c(C)c4)n3)cc2)C1. The predicted molar refractivity (Wildman–Crippen MR) is 124 cm³/mol. The Labute approximate surface area is 187 Å². The molecular formula is C24H27FN6O. The molecule has 1 aromatic heterocycles. The number of hydrogen-bond donors (Lipinski definition) is 3. The van der Waals surface area contributed by atoms with E-state index in [1.165, 1.54) is 6.07 Å². The summed E-state index contributed by atoms with van der Waals surface area (Å²) in [6.07, 6.45) is 4.45. The van der Waals surface area contributed by atoms with Crippen molar-refractivity contribution in [3.63, 3.8) is 0 Å². The van der Waals surface area contributed by atoms with Gasteiger partial charge in [0.2, 0.25) is 12.4 Å². The lowest BCUT2D eigenvalue weighted by molar-refractivity contribution is -0.121. The Morgan fingerprint density at radius 2 is 1.88 bits per heavy atom. The van der Waals surface area contributed by atoms with Crippen LogP contribution in [-0.4, -0.2) is 40.9 Å². The maximum atomic E-state index is 13.5. The van der Waals surface area contributed by atoms with E-state index in [0.29, 0.717) is 23.4 Å². The number of halogens is 1. The lowest BCUT2D eigenvalue weighted by Gasteiger charge is -2.37. The summed E-state index contributed by atoms with van der Waals surface area (Å²) in [5, 5.41) is 9.70. The van der Waals surface area contributed by atoms with Gasteiger partial charge in [-0.05, 0) is 74.3 Å². The fourth-order valence-corrected chi connectivity index (χ4v) is 3.98. The van der Waals surface area contributed by atoms with Crippen molar-refractivity contribution in [3.05, 3.63) is 71.7 Å². The number of nitrogens with zero attached hydrogens (tertiary/aromatic N) is 3. The van der Waals surface area contributed by atoms with Gasteiger partial charge < -0.3 is 20.9 Å². The molecule has 2 heterocycles. The number of nitrogens with one attached hydrogen (secondary N) is 3. The van der Waals surface area contributed by atoms with Crippen LogP contribution < -0.4 is 16.0 Å². The molecule has 0 radical (unpaired) electrons. The van der Waals surface area contributed by atoms with Gasteiger partial charge in [-0.15, -0.1) is 0 Å². The maximum Gasteiger partial charge on any atom is 0.229 e. The Hall–Kier alpha value is -3.52. The standard InChI is InChI=1S/C24H27FN6O/c1-16-13-20(7-8-21(16)25)28-23-9-11-27-24(30-23)29-18-5-3-17(4-6-18)22-14-19(26-2)10-12-31(22)15-32/h3-9,11,13,15,19,22,26H,10,12,14H2,1-2H3,(H2,27,28,29,30). The molecule has 2 atom stereocenters. The summed E-state index contributed by atoms with van der Waals surface area (Å²) in [5.74, 6) is 0.811. The van der Waals surface area contributed by atoms with Crippen LogP contribution in [0.1, 0.15) is 30.0 Å². The molecule has 1 fully saturated rings. The van der Waals surface area contributed by atoms with Crippen molar-refractivity contribution in [2.75, 3.05) is 24.2 Å². The number of aryl methyl sites for hydroxylation is 1. The molecular weight excluding hydrogens is 407 g/mol. The van der Waals surface area contributed by atoms with Crippen molar-refractivity contribution in [1.29, 1.82) is 0 Å². The zero-order valence-corrected chi connectivity index (χ0v) is 18.2. The maximum absolute atomic E-state index is 13.5. The molecule has 0 saturated carbocycles. The molecule has 7 nitrogen and oxygen atoms in total. The quantitative estimate of drug-likeness (QED) is 0.481. The Balaban J connectivity index is 1.45. The van der Waals surface area contributed by atoms with E-state index < -0.39 is 0 Å². The van der Waals surface area contributed by atoms with Crippen LogP contribution in [0.3, 0.4) is 0 Å². The fourth-order valence-electron chi connectivity index (χ4n) is 3.98. The second-order valence-corrected chi connectivity index (χ2v) is 7.97. The van der Waals surface area contributed by atoms with Gasteiger partial charge in [0.05, 0.1) is 6.04 Å². The smallest absolute Gasteiger partial charge is 0.229 e. The first-order chi connectivity index (χ1) is 15.6. The minimum atomic E-state index is -0.241. The van der Waals surface area contributed by atoms with Crippen LogP contribution in [0, 0.1) is 12.7 Å². The van der Waals surface area contributed by atoms with Gasteiger partial charge in [-0.2, -0.15) is 4.98 Å². The minimum absolute atomic E-state index is 0.0655. The summed E-state index contributed by atoms with van der Waals surface area (Å²) in [5.41, 5.74) is 3.27. The van der Waals surface area contributed by atoms with Gasteiger partial charge in [0.15, 0.2) is 0 Å². The third-order valence-corrected chi connectivity index (χ3v) is 5.83. The predicted octanol–water partition coefficient (Wildman–Crippen LogP) is 4.29. The third-order valence-electron chi connectivity index (χ3n) is 5.83. The van der Waals surface area contributed by atoms with E-state index in [0.717, 1.165) is 42.7 Å². The van der Waals surface area contributed by atoms with Gasteiger partial charge in [-0.25, -0.2) is 9.37 Å². The fraction of sp³-hybridized carbons (Fsp3) is 0.292. The number of amides is 1. The van der Waals surface area contributed by atoms with Gasteiger partial charge in [0.1, 0.15) is 11.6 Å². The van der Waals surface area contributed by atoms with Crippen LogP contribution >= 0.6 is 0 Å². The van der Waals surface area contributed by atoms with Crippen molar-refractivity contribution in [3.8, 4) is 0 Å². The van der Waals surface area contributed by atoms with E-state index in [1.54, 1.807) is 31.3 Å². The first-order valence-electron chi connectivity index (χ1n) is 10.7. The highest BCUT2D eigenvalue weighted by Crippen LogP contribution is 2.31. The molecule has 2 aromatic carbocycles. The Kier molecular flexibility index (Phi) is 6.61. The van der Waals surface area contributed by atoms with Crippen molar-refractivity contribution < 1.29 is 9.18 Å². The van der Waals surface area contributed by atoms with Gasteiger partial charge in [-0.3, -0.25) is 4.79 Å². The number of hydrogen-bond acceptors (Lipinski definition) is 6. The number of anilines is 4. The van der Waals surface area contributed by atoms with Crippen molar-refractivity contribution in [1.82, 2.24) is 20.2 Å². The highest BCUT2D eigenvalue weighted by molar-refractivity contribution is 5.60. The summed E-state index contributed by atoms with van der Waals surface area (Å²) in [6, 6.07) is 15.0. The molecule has 0 aliphatic carbocycles. The van der Waals surface area contributed by atoms with Gasteiger partial charge in [0, 0.05) is 30.2 Å². The molecule has 8 heteroatoms. The number of carbonyl (C=O) groups excluding carboxylic acids is 1. The number of rotatable bonds is 7. The number of benzene rings is 2. The highest BCUT2D eigenvalue weighted by atomic mass is 19.1. The molecule has 1 aliphatic heterocycles. The second kappa shape index (κ2) is 9.74. The topological polar surface area (TPSA) is 82.2 Å². The molecule has 0 bridgehead atoms. The Morgan fingerprint density at radius 1 is 1.09 bits per heavy atom. The summed E-state index contributed by atoms with van der Waals surface area (Å²) >= 11 is 0. The van der Waals surface area contributed by atoms with Crippen LogP contribution in [0.15, 0.2) is 54.7 Å². The van der Waals surface area contributed by atoms with Crippen molar-refractivity contribution in [2.45, 2.75) is 31.8 Å². The molecule has 3 N–H and O–H groups in total. The minimum Gasteiger partial charge on any atom is -0.340 e. The molecule has 4 rings (SSSR count). The van der Waals surface area contributed by atoms with Crippen LogP contribution in [0.2, 0.25) is 0 Å².